The molecule has 118 valence electrons. The minimum atomic E-state index is -1.09. The van der Waals surface area contributed by atoms with E-state index in [9.17, 15) is 9.90 Å². The molecule has 1 atom stereocenters. The molecule has 0 radical (unpaired) electrons. The molecule has 0 spiro atoms. The van der Waals surface area contributed by atoms with Crippen molar-refractivity contribution in [1.29, 1.82) is 0 Å². The van der Waals surface area contributed by atoms with Crippen LogP contribution in [0.1, 0.15) is 22.3 Å². The van der Waals surface area contributed by atoms with Crippen LogP contribution in [0.4, 0.5) is 0 Å². The first-order chi connectivity index (χ1) is 11.1. The highest BCUT2D eigenvalue weighted by molar-refractivity contribution is 7.10. The minimum absolute atomic E-state index is 0.131. The summed E-state index contributed by atoms with van der Waals surface area (Å²) >= 11 is 1.46. The molecule has 1 aromatic carbocycles. The predicted octanol–water partition coefficient (Wildman–Crippen LogP) is 2.78. The van der Waals surface area contributed by atoms with Gasteiger partial charge in [-0.3, -0.25) is 9.89 Å². The molecule has 1 amide bonds. The van der Waals surface area contributed by atoms with E-state index < -0.39 is 5.60 Å². The largest absolute Gasteiger partial charge is 0.383 e. The van der Waals surface area contributed by atoms with Crippen LogP contribution in [0.25, 0.3) is 11.3 Å². The number of carbonyl (C=O) groups is 1. The quantitative estimate of drug-likeness (QED) is 0.674. The zero-order valence-corrected chi connectivity index (χ0v) is 13.4. The fraction of sp³-hybridized carbons (Fsp3) is 0.176. The Morgan fingerprint density at radius 3 is 2.78 bits per heavy atom. The lowest BCUT2D eigenvalue weighted by atomic mass is 10.1. The Hall–Kier alpha value is -2.44. The van der Waals surface area contributed by atoms with Crippen molar-refractivity contribution in [2.24, 2.45) is 0 Å². The molecule has 0 aliphatic heterocycles. The molecule has 0 saturated carbocycles. The second kappa shape index (κ2) is 6.36. The van der Waals surface area contributed by atoms with Crippen molar-refractivity contribution in [2.45, 2.75) is 12.5 Å². The molecule has 3 N–H and O–H groups in total. The summed E-state index contributed by atoms with van der Waals surface area (Å²) < 4.78 is 0. The predicted molar refractivity (Wildman–Crippen MR) is 90.2 cm³/mol. The lowest BCUT2D eigenvalue weighted by molar-refractivity contribution is 0.0555. The van der Waals surface area contributed by atoms with E-state index >= 15 is 0 Å². The first kappa shape index (κ1) is 15.5. The highest BCUT2D eigenvalue weighted by Crippen LogP contribution is 2.24. The van der Waals surface area contributed by atoms with Crippen molar-refractivity contribution in [2.75, 3.05) is 6.54 Å². The van der Waals surface area contributed by atoms with Gasteiger partial charge in [-0.05, 0) is 24.4 Å². The van der Waals surface area contributed by atoms with Gasteiger partial charge < -0.3 is 10.4 Å². The van der Waals surface area contributed by atoms with Crippen molar-refractivity contribution in [3.63, 3.8) is 0 Å². The van der Waals surface area contributed by atoms with E-state index in [0.717, 1.165) is 10.4 Å². The molecule has 0 aliphatic carbocycles. The highest BCUT2D eigenvalue weighted by atomic mass is 32.1. The van der Waals surface area contributed by atoms with Crippen LogP contribution in [0.5, 0.6) is 0 Å². The van der Waals surface area contributed by atoms with Crippen LogP contribution in [-0.4, -0.2) is 27.8 Å². The summed E-state index contributed by atoms with van der Waals surface area (Å²) in [5.41, 5.74) is 0.923. The van der Waals surface area contributed by atoms with Gasteiger partial charge in [0.2, 0.25) is 0 Å². The number of H-pyrrole nitrogens is 1. The van der Waals surface area contributed by atoms with E-state index in [2.05, 4.69) is 15.5 Å². The maximum Gasteiger partial charge on any atom is 0.269 e. The molecule has 2 aromatic heterocycles. The fourth-order valence-electron chi connectivity index (χ4n) is 2.21. The van der Waals surface area contributed by atoms with Gasteiger partial charge in [-0.15, -0.1) is 11.3 Å². The van der Waals surface area contributed by atoms with E-state index in [0.29, 0.717) is 11.4 Å². The zero-order chi connectivity index (χ0) is 16.3. The zero-order valence-electron chi connectivity index (χ0n) is 12.6. The van der Waals surface area contributed by atoms with Gasteiger partial charge in [0.05, 0.1) is 12.2 Å². The molecule has 1 unspecified atom stereocenters. The third kappa shape index (κ3) is 3.49. The molecule has 0 saturated heterocycles. The second-order valence-corrected chi connectivity index (χ2v) is 6.41. The Kier molecular flexibility index (Phi) is 4.27. The summed E-state index contributed by atoms with van der Waals surface area (Å²) in [5, 5.41) is 21.9. The number of aliphatic hydroxyl groups is 1. The number of rotatable bonds is 5. The van der Waals surface area contributed by atoms with E-state index in [1.54, 1.807) is 13.0 Å². The Bertz CT molecular complexity index is 779. The van der Waals surface area contributed by atoms with Gasteiger partial charge in [-0.1, -0.05) is 36.4 Å². The maximum atomic E-state index is 12.2. The van der Waals surface area contributed by atoms with Crippen LogP contribution in [-0.2, 0) is 5.60 Å². The summed E-state index contributed by atoms with van der Waals surface area (Å²) in [6, 6.07) is 15.0. The number of carbonyl (C=O) groups excluding carboxylic acids is 1. The molecule has 3 aromatic rings. The normalized spacial score (nSPS) is 13.5. The number of hydrogen-bond acceptors (Lipinski definition) is 4. The van der Waals surface area contributed by atoms with Gasteiger partial charge in [0.25, 0.3) is 5.91 Å². The van der Waals surface area contributed by atoms with Gasteiger partial charge in [0.1, 0.15) is 11.3 Å². The van der Waals surface area contributed by atoms with Crippen LogP contribution in [0.2, 0.25) is 0 Å². The number of aromatic amines is 1. The average Bonchev–Trinajstić information content (AvgIpc) is 3.25. The third-order valence-corrected chi connectivity index (χ3v) is 4.66. The number of nitrogens with zero attached hydrogens (tertiary/aromatic N) is 1. The first-order valence-electron chi connectivity index (χ1n) is 7.22. The molecule has 0 aliphatic rings. The maximum absolute atomic E-state index is 12.2. The Morgan fingerprint density at radius 1 is 1.30 bits per heavy atom. The molecule has 2 heterocycles. The fourth-order valence-corrected chi connectivity index (χ4v) is 3.00. The van der Waals surface area contributed by atoms with Crippen molar-refractivity contribution < 1.29 is 9.90 Å². The third-order valence-electron chi connectivity index (χ3n) is 3.54. The summed E-state index contributed by atoms with van der Waals surface area (Å²) in [6.07, 6.45) is 0. The lowest BCUT2D eigenvalue weighted by Crippen LogP contribution is -2.38. The molecule has 0 bridgehead atoms. The molecule has 5 nitrogen and oxygen atoms in total. The number of benzene rings is 1. The van der Waals surface area contributed by atoms with Gasteiger partial charge in [0.15, 0.2) is 0 Å². The Morgan fingerprint density at radius 2 is 2.09 bits per heavy atom. The van der Waals surface area contributed by atoms with E-state index in [-0.39, 0.29) is 12.5 Å². The van der Waals surface area contributed by atoms with E-state index in [4.69, 9.17) is 0 Å². The SMILES string of the molecule is CC(O)(CNC(=O)c1cc(-c2ccccc2)n[nH]1)c1cccs1. The Labute approximate surface area is 138 Å². The van der Waals surface area contributed by atoms with Crippen molar-refractivity contribution in [1.82, 2.24) is 15.5 Å². The van der Waals surface area contributed by atoms with Crippen molar-refractivity contribution >= 4 is 17.2 Å². The average molecular weight is 327 g/mol. The monoisotopic (exact) mass is 327 g/mol. The number of amides is 1. The van der Waals surface area contributed by atoms with Crippen LogP contribution in [0.3, 0.4) is 0 Å². The van der Waals surface area contributed by atoms with E-state index in [1.165, 1.54) is 11.3 Å². The van der Waals surface area contributed by atoms with Gasteiger partial charge >= 0.3 is 0 Å². The van der Waals surface area contributed by atoms with Crippen LogP contribution >= 0.6 is 11.3 Å². The number of thiophene rings is 1. The highest BCUT2D eigenvalue weighted by Gasteiger charge is 2.25. The first-order valence-corrected chi connectivity index (χ1v) is 8.09. The minimum Gasteiger partial charge on any atom is -0.383 e. The number of aromatic nitrogens is 2. The second-order valence-electron chi connectivity index (χ2n) is 5.47. The molecule has 6 heteroatoms. The number of nitrogens with one attached hydrogen (secondary N) is 2. The van der Waals surface area contributed by atoms with Crippen LogP contribution < -0.4 is 5.32 Å². The summed E-state index contributed by atoms with van der Waals surface area (Å²) in [6.45, 7) is 1.81. The molecular weight excluding hydrogens is 310 g/mol. The number of hydrogen-bond donors (Lipinski definition) is 3. The van der Waals surface area contributed by atoms with Gasteiger partial charge in [0, 0.05) is 10.4 Å². The summed E-state index contributed by atoms with van der Waals surface area (Å²) in [4.78, 5) is 13.0. The topological polar surface area (TPSA) is 78.0 Å². The molecule has 0 fully saturated rings. The smallest absolute Gasteiger partial charge is 0.269 e. The van der Waals surface area contributed by atoms with Gasteiger partial charge in [-0.25, -0.2) is 0 Å². The Balaban J connectivity index is 1.66. The van der Waals surface area contributed by atoms with Crippen molar-refractivity contribution in [3.8, 4) is 11.3 Å². The van der Waals surface area contributed by atoms with Crippen LogP contribution in [0, 0.1) is 0 Å². The summed E-state index contributed by atoms with van der Waals surface area (Å²) in [5.74, 6) is -0.295. The van der Waals surface area contributed by atoms with Crippen LogP contribution in [0.15, 0.2) is 53.9 Å². The summed E-state index contributed by atoms with van der Waals surface area (Å²) in [7, 11) is 0. The van der Waals surface area contributed by atoms with Gasteiger partial charge in [-0.2, -0.15) is 5.10 Å². The van der Waals surface area contributed by atoms with E-state index in [1.807, 2.05) is 47.8 Å². The standard InChI is InChI=1S/C17H17N3O2S/c1-17(22,15-8-5-9-23-15)11-18-16(21)14-10-13(19-20-14)12-6-3-2-4-7-12/h2-10,22H,11H2,1H3,(H,18,21)(H,19,20). The molecule has 3 rings (SSSR count). The molecular formula is C17H17N3O2S. The lowest BCUT2D eigenvalue weighted by Gasteiger charge is -2.22. The van der Waals surface area contributed by atoms with Crippen molar-refractivity contribution in [3.05, 3.63) is 64.5 Å². The molecule has 23 heavy (non-hydrogen) atoms.